The molecule has 0 saturated heterocycles. The summed E-state index contributed by atoms with van der Waals surface area (Å²) in [5.74, 6) is -2.19. The number of nitro groups is 2. The Morgan fingerprint density at radius 1 is 0.733 bits per heavy atom. The van der Waals surface area contributed by atoms with E-state index in [9.17, 15) is 46.7 Å². The summed E-state index contributed by atoms with van der Waals surface area (Å²) >= 11 is 0. The molecule has 2 rings (SSSR count). The molecule has 0 fully saturated rings. The molecule has 240 valence electrons. The Morgan fingerprint density at radius 2 is 1.04 bits per heavy atom. The monoisotopic (exact) mass is 662 g/mol. The Hall–Kier alpha value is -2.69. The van der Waals surface area contributed by atoms with Gasteiger partial charge in [-0.05, 0) is 12.1 Å². The number of benzene rings is 2. The van der Waals surface area contributed by atoms with Gasteiger partial charge in [-0.2, -0.15) is 8.61 Å². The van der Waals surface area contributed by atoms with Gasteiger partial charge in [-0.3, -0.25) is 29.8 Å². The maximum atomic E-state index is 12.9. The van der Waals surface area contributed by atoms with E-state index in [-0.39, 0.29) is 40.6 Å². The predicted octanol–water partition coefficient (Wildman–Crippen LogP) is -4.44. The molecule has 0 bridgehead atoms. The average molecular weight is 663 g/mol. The fraction of sp³-hybridized carbons (Fsp3) is 0.417. The second kappa shape index (κ2) is 18.5. The fourth-order valence-electron chi connectivity index (χ4n) is 3.78. The molecule has 0 radical (unpaired) electrons. The van der Waals surface area contributed by atoms with Crippen molar-refractivity contribution in [2.24, 2.45) is 0 Å². The van der Waals surface area contributed by atoms with E-state index in [1.165, 1.54) is 38.5 Å². The third-order valence-electron chi connectivity index (χ3n) is 6.10. The van der Waals surface area contributed by atoms with E-state index >= 15 is 0 Å². The molecular weight excluding hydrogens is 630 g/mol. The zero-order chi connectivity index (χ0) is 32.5. The van der Waals surface area contributed by atoms with E-state index in [2.05, 4.69) is 0 Å². The SMILES string of the molecule is COC(CC(=O)OC(=O)CC(CN(C)S(=O)(=O)c1ccccc1[N+](=O)[O-])OC)CN(C)S(=O)(=O)c1ccccc1[N+](=O)[O-].[H-].[H-].[Li+].[Li+]. The van der Waals surface area contributed by atoms with Gasteiger partial charge in [0.1, 0.15) is 0 Å². The minimum atomic E-state index is -4.36. The van der Waals surface area contributed by atoms with E-state index in [0.29, 0.717) is 0 Å². The third kappa shape index (κ3) is 11.3. The molecule has 21 heteroatoms. The predicted molar refractivity (Wildman–Crippen MR) is 150 cm³/mol. The molecular formula is C24H32Li2N4O13S2. The van der Waals surface area contributed by atoms with Crippen LogP contribution in [0.3, 0.4) is 0 Å². The second-order valence-corrected chi connectivity index (χ2v) is 13.0. The molecule has 2 aromatic rings. The van der Waals surface area contributed by atoms with Crippen LogP contribution >= 0.6 is 0 Å². The molecule has 0 N–H and O–H groups in total. The van der Waals surface area contributed by atoms with Crippen LogP contribution in [0.15, 0.2) is 58.3 Å². The van der Waals surface area contributed by atoms with Crippen LogP contribution in [-0.4, -0.2) is 101 Å². The van der Waals surface area contributed by atoms with Crippen LogP contribution in [-0.2, 0) is 43.8 Å². The Kier molecular flexibility index (Phi) is 17.4. The van der Waals surface area contributed by atoms with Crippen LogP contribution in [0.1, 0.15) is 15.7 Å². The van der Waals surface area contributed by atoms with Crippen molar-refractivity contribution in [3.63, 3.8) is 0 Å². The quantitative estimate of drug-likeness (QED) is 0.0545. The Bertz CT molecular complexity index is 1470. The number of hydrogen-bond acceptors (Lipinski definition) is 13. The molecule has 0 saturated carbocycles. The van der Waals surface area contributed by atoms with Crippen molar-refractivity contribution in [1.29, 1.82) is 0 Å². The van der Waals surface area contributed by atoms with E-state index < -0.39 is 101 Å². The molecule has 45 heavy (non-hydrogen) atoms. The minimum absolute atomic E-state index is 0. The summed E-state index contributed by atoms with van der Waals surface area (Å²) in [5.41, 5.74) is -1.28. The molecule has 0 aliphatic heterocycles. The summed E-state index contributed by atoms with van der Waals surface area (Å²) in [6, 6.07) is 9.44. The number of carbonyl (C=O) groups excluding carboxylic acids is 2. The first-order valence-corrected chi connectivity index (χ1v) is 15.1. The Morgan fingerprint density at radius 3 is 1.33 bits per heavy atom. The van der Waals surface area contributed by atoms with Crippen LogP contribution in [0.25, 0.3) is 0 Å². The normalized spacial score (nSPS) is 12.8. The molecule has 0 amide bonds. The Labute approximate surface area is 286 Å². The number of ether oxygens (including phenoxy) is 3. The van der Waals surface area contributed by atoms with Crippen LogP contribution < -0.4 is 37.7 Å². The fourth-order valence-corrected chi connectivity index (χ4v) is 6.50. The van der Waals surface area contributed by atoms with Crippen LogP contribution in [0.4, 0.5) is 11.4 Å². The largest absolute Gasteiger partial charge is 1.00 e. The van der Waals surface area contributed by atoms with Gasteiger partial charge in [0.05, 0.1) is 34.9 Å². The van der Waals surface area contributed by atoms with Gasteiger partial charge in [-0.1, -0.05) is 24.3 Å². The number of nitrogens with zero attached hydrogens (tertiary/aromatic N) is 4. The molecule has 17 nitrogen and oxygen atoms in total. The number of para-hydroxylation sites is 2. The molecule has 2 unspecified atom stereocenters. The molecule has 0 spiro atoms. The number of likely N-dealkylation sites (N-methyl/N-ethyl adjacent to an activating group) is 2. The summed E-state index contributed by atoms with van der Waals surface area (Å²) in [6.45, 7) is -0.855. The summed E-state index contributed by atoms with van der Waals surface area (Å²) in [6.07, 6.45) is -3.39. The maximum absolute atomic E-state index is 12.9. The molecule has 0 heterocycles. The van der Waals surface area contributed by atoms with Crippen molar-refractivity contribution in [1.82, 2.24) is 8.61 Å². The number of hydrogen-bond donors (Lipinski definition) is 0. The van der Waals surface area contributed by atoms with Crippen molar-refractivity contribution in [2.45, 2.75) is 34.8 Å². The van der Waals surface area contributed by atoms with Crippen molar-refractivity contribution >= 4 is 43.4 Å². The summed E-state index contributed by atoms with van der Waals surface area (Å²) in [7, 11) is -4.11. The van der Waals surface area contributed by atoms with Crippen LogP contribution in [0, 0.1) is 20.2 Å². The number of rotatable bonds is 16. The zero-order valence-corrected chi connectivity index (χ0v) is 27.1. The first kappa shape index (κ1) is 42.3. The van der Waals surface area contributed by atoms with Crippen molar-refractivity contribution in [2.75, 3.05) is 41.4 Å². The van der Waals surface area contributed by atoms with Crippen molar-refractivity contribution in [3.05, 3.63) is 68.8 Å². The van der Waals surface area contributed by atoms with E-state index in [4.69, 9.17) is 14.2 Å². The minimum Gasteiger partial charge on any atom is -1.00 e. The first-order chi connectivity index (χ1) is 20.1. The topological polar surface area (TPSA) is 223 Å². The smallest absolute Gasteiger partial charge is 1.00 e. The molecule has 0 aromatic heterocycles. The van der Waals surface area contributed by atoms with Gasteiger partial charge in [0.25, 0.3) is 11.4 Å². The van der Waals surface area contributed by atoms with Crippen LogP contribution in [0.5, 0.6) is 0 Å². The number of nitro benzene ring substituents is 2. The molecule has 2 aromatic carbocycles. The second-order valence-electron chi connectivity index (χ2n) is 8.99. The molecule has 0 aliphatic carbocycles. The number of carbonyl (C=O) groups is 2. The van der Waals surface area contributed by atoms with Gasteiger partial charge in [0.2, 0.25) is 20.0 Å². The van der Waals surface area contributed by atoms with Gasteiger partial charge >= 0.3 is 49.7 Å². The van der Waals surface area contributed by atoms with Gasteiger partial charge in [-0.15, -0.1) is 0 Å². The maximum Gasteiger partial charge on any atom is 1.00 e. The van der Waals surface area contributed by atoms with E-state index in [1.807, 2.05) is 0 Å². The summed E-state index contributed by atoms with van der Waals surface area (Å²) < 4.78 is 68.3. The van der Waals surface area contributed by atoms with Gasteiger partial charge < -0.3 is 17.1 Å². The van der Waals surface area contributed by atoms with Crippen molar-refractivity contribution in [3.8, 4) is 0 Å². The number of methoxy groups -OCH3 is 2. The average Bonchev–Trinajstić information content (AvgIpc) is 2.95. The summed E-state index contributed by atoms with van der Waals surface area (Å²) in [5, 5.41) is 22.5. The summed E-state index contributed by atoms with van der Waals surface area (Å²) in [4.78, 5) is 44.5. The van der Waals surface area contributed by atoms with Crippen molar-refractivity contribution < 1.29 is 91.1 Å². The third-order valence-corrected chi connectivity index (χ3v) is 9.85. The number of sulfonamides is 2. The van der Waals surface area contributed by atoms with Gasteiger partial charge in [-0.25, -0.2) is 16.8 Å². The zero-order valence-electron chi connectivity index (χ0n) is 27.5. The standard InChI is InChI=1S/C24H30N4O13S2.2Li.2H/c1-25(42(35,36)21-11-7-5-9-19(21)27(31)32)15-17(39-3)13-23(29)41-24(30)14-18(40-4)16-26(2)43(37,38)22-12-8-6-10-20(22)28(33)34;;;;/h5-12,17-18H,13-16H2,1-4H3;;;;/q;2*+1;2*-1. The van der Waals surface area contributed by atoms with E-state index in [1.54, 1.807) is 0 Å². The van der Waals surface area contributed by atoms with Gasteiger partial charge in [0, 0.05) is 53.5 Å². The van der Waals surface area contributed by atoms with E-state index in [0.717, 1.165) is 47.0 Å². The molecule has 2 atom stereocenters. The van der Waals surface area contributed by atoms with Crippen LogP contribution in [0.2, 0.25) is 0 Å². The number of esters is 2. The Balaban J connectivity index is -0.00000484. The first-order valence-electron chi connectivity index (χ1n) is 12.2. The van der Waals surface area contributed by atoms with Gasteiger partial charge in [0.15, 0.2) is 9.79 Å². The molecule has 0 aliphatic rings.